The number of sulfonamides is 1. The van der Waals surface area contributed by atoms with E-state index in [2.05, 4.69) is 18.7 Å². The molecule has 0 aliphatic carbocycles. The Kier molecular flexibility index (Phi) is 6.03. The molecule has 1 atom stereocenters. The minimum atomic E-state index is -3.46. The number of rotatable bonds is 4. The van der Waals surface area contributed by atoms with E-state index in [1.165, 1.54) is 4.31 Å². The maximum atomic E-state index is 12.5. The van der Waals surface area contributed by atoms with E-state index in [-0.39, 0.29) is 29.0 Å². The Hall–Kier alpha value is -0.600. The Morgan fingerprint density at radius 2 is 1.92 bits per heavy atom. The lowest BCUT2D eigenvalue weighted by Crippen LogP contribution is -2.51. The fourth-order valence-electron chi connectivity index (χ4n) is 3.48. The first-order valence-electron chi connectivity index (χ1n) is 8.36. The third-order valence-electron chi connectivity index (χ3n) is 5.07. The van der Waals surface area contributed by atoms with Gasteiger partial charge in [-0.1, -0.05) is 13.8 Å². The molecule has 1 aromatic heterocycles. The first kappa shape index (κ1) is 19.7. The molecule has 3 heterocycles. The Morgan fingerprint density at radius 1 is 1.25 bits per heavy atom. The number of halogens is 1. The van der Waals surface area contributed by atoms with Gasteiger partial charge in [0, 0.05) is 32.2 Å². The van der Waals surface area contributed by atoms with Crippen LogP contribution in [0.2, 0.25) is 0 Å². The highest BCUT2D eigenvalue weighted by Crippen LogP contribution is 2.29. The number of likely N-dealkylation sites (tertiary alicyclic amines) is 1. The van der Waals surface area contributed by atoms with Crippen molar-refractivity contribution in [1.29, 1.82) is 0 Å². The van der Waals surface area contributed by atoms with E-state index in [0.29, 0.717) is 25.4 Å². The predicted octanol–water partition coefficient (Wildman–Crippen LogP) is 2.05. The average Bonchev–Trinajstić information content (AvgIpc) is 3.14. The highest BCUT2D eigenvalue weighted by atomic mass is 35.5. The molecule has 1 unspecified atom stereocenters. The van der Waals surface area contributed by atoms with Crippen LogP contribution in [0.3, 0.4) is 0 Å². The monoisotopic (exact) mass is 377 g/mol. The molecule has 0 bridgehead atoms. The van der Waals surface area contributed by atoms with E-state index in [1.807, 2.05) is 0 Å². The van der Waals surface area contributed by atoms with E-state index in [0.717, 1.165) is 32.4 Å². The summed E-state index contributed by atoms with van der Waals surface area (Å²) in [7, 11) is -3.46. The predicted molar refractivity (Wildman–Crippen MR) is 95.6 cm³/mol. The van der Waals surface area contributed by atoms with Gasteiger partial charge in [-0.2, -0.15) is 4.31 Å². The van der Waals surface area contributed by atoms with Crippen molar-refractivity contribution in [1.82, 2.24) is 9.21 Å². The highest BCUT2D eigenvalue weighted by molar-refractivity contribution is 7.89. The van der Waals surface area contributed by atoms with Crippen LogP contribution < -0.4 is 5.73 Å². The van der Waals surface area contributed by atoms with Crippen molar-refractivity contribution < 1.29 is 12.8 Å². The van der Waals surface area contributed by atoms with Crippen molar-refractivity contribution in [2.24, 2.45) is 11.1 Å². The van der Waals surface area contributed by atoms with Gasteiger partial charge in [0.15, 0.2) is 0 Å². The molecule has 2 aliphatic heterocycles. The maximum absolute atomic E-state index is 12.5. The van der Waals surface area contributed by atoms with Crippen LogP contribution in [0.25, 0.3) is 0 Å². The van der Waals surface area contributed by atoms with Gasteiger partial charge in [-0.25, -0.2) is 8.42 Å². The van der Waals surface area contributed by atoms with Crippen molar-refractivity contribution >= 4 is 22.4 Å². The molecule has 2 saturated heterocycles. The molecule has 2 aliphatic rings. The van der Waals surface area contributed by atoms with Crippen molar-refractivity contribution in [2.75, 3.05) is 26.2 Å². The molecule has 2 fully saturated rings. The summed E-state index contributed by atoms with van der Waals surface area (Å²) in [6.45, 7) is 7.98. The van der Waals surface area contributed by atoms with Crippen LogP contribution >= 0.6 is 12.4 Å². The van der Waals surface area contributed by atoms with Crippen LogP contribution in [0, 0.1) is 5.41 Å². The number of hydrogen-bond donors (Lipinski definition) is 1. The van der Waals surface area contributed by atoms with Crippen LogP contribution in [-0.2, 0) is 16.6 Å². The fourth-order valence-corrected chi connectivity index (χ4v) is 4.92. The Morgan fingerprint density at radius 3 is 2.54 bits per heavy atom. The first-order chi connectivity index (χ1) is 10.8. The number of nitrogens with two attached hydrogens (primary N) is 1. The lowest BCUT2D eigenvalue weighted by atomic mass is 9.80. The van der Waals surface area contributed by atoms with Crippen molar-refractivity contribution in [3.8, 4) is 0 Å². The summed E-state index contributed by atoms with van der Waals surface area (Å²) in [6, 6.07) is 3.58. The number of piperidine rings is 1. The molecule has 138 valence electrons. The minimum Gasteiger partial charge on any atom is -0.447 e. The van der Waals surface area contributed by atoms with Gasteiger partial charge in [-0.3, -0.25) is 4.90 Å². The zero-order chi connectivity index (χ0) is 16.7. The molecule has 0 saturated carbocycles. The average molecular weight is 378 g/mol. The Balaban J connectivity index is 0.00000208. The van der Waals surface area contributed by atoms with Crippen LogP contribution in [-0.4, -0.2) is 49.8 Å². The van der Waals surface area contributed by atoms with Gasteiger partial charge in [0.2, 0.25) is 5.09 Å². The molecule has 1 aromatic rings. The number of nitrogens with zero attached hydrogens (tertiary/aromatic N) is 2. The molecular formula is C16H28ClN3O3S. The van der Waals surface area contributed by atoms with Crippen molar-refractivity contribution in [3.05, 3.63) is 17.9 Å². The van der Waals surface area contributed by atoms with E-state index < -0.39 is 10.0 Å². The normalized spacial score (nSPS) is 25.5. The molecule has 24 heavy (non-hydrogen) atoms. The van der Waals surface area contributed by atoms with E-state index in [4.69, 9.17) is 10.2 Å². The largest absolute Gasteiger partial charge is 0.447 e. The molecule has 0 aromatic carbocycles. The SMILES string of the molecule is CC1(C)CN(Cc2ccc(S(=O)(=O)N3CCCC3)o2)CCC1N.Cl. The topological polar surface area (TPSA) is 79.8 Å². The van der Waals surface area contributed by atoms with Gasteiger partial charge in [0.1, 0.15) is 5.76 Å². The van der Waals surface area contributed by atoms with Crippen LogP contribution in [0.15, 0.2) is 21.6 Å². The fraction of sp³-hybridized carbons (Fsp3) is 0.750. The molecular weight excluding hydrogens is 350 g/mol. The quantitative estimate of drug-likeness (QED) is 0.868. The molecule has 3 rings (SSSR count). The summed E-state index contributed by atoms with van der Waals surface area (Å²) < 4.78 is 32.1. The molecule has 0 amide bonds. The standard InChI is InChI=1S/C16H27N3O3S.ClH/c1-16(2)12-18(10-7-14(16)17)11-13-5-6-15(22-13)23(20,21)19-8-3-4-9-19;/h5-6,14H,3-4,7-12,17H2,1-2H3;1H. The van der Waals surface area contributed by atoms with E-state index >= 15 is 0 Å². The van der Waals surface area contributed by atoms with E-state index in [1.54, 1.807) is 12.1 Å². The molecule has 2 N–H and O–H groups in total. The highest BCUT2D eigenvalue weighted by Gasteiger charge is 2.34. The summed E-state index contributed by atoms with van der Waals surface area (Å²) in [5, 5.41) is 0.0716. The van der Waals surface area contributed by atoms with Crippen LogP contribution in [0.4, 0.5) is 0 Å². The third-order valence-corrected chi connectivity index (χ3v) is 6.84. The second kappa shape index (κ2) is 7.33. The van der Waals surface area contributed by atoms with Crippen molar-refractivity contribution in [3.63, 3.8) is 0 Å². The second-order valence-electron chi connectivity index (χ2n) is 7.43. The molecule has 0 radical (unpaired) electrons. The van der Waals surface area contributed by atoms with Gasteiger partial charge in [0.05, 0.1) is 6.54 Å². The first-order valence-corrected chi connectivity index (χ1v) is 9.80. The number of furan rings is 1. The lowest BCUT2D eigenvalue weighted by molar-refractivity contribution is 0.0833. The van der Waals surface area contributed by atoms with Gasteiger partial charge < -0.3 is 10.2 Å². The van der Waals surface area contributed by atoms with Crippen molar-refractivity contribution in [2.45, 2.75) is 50.8 Å². The lowest BCUT2D eigenvalue weighted by Gasteiger charge is -2.42. The molecule has 0 spiro atoms. The zero-order valence-electron chi connectivity index (χ0n) is 14.4. The molecule has 6 nitrogen and oxygen atoms in total. The summed E-state index contributed by atoms with van der Waals surface area (Å²) in [6.07, 6.45) is 2.80. The molecule has 8 heteroatoms. The number of hydrogen-bond acceptors (Lipinski definition) is 5. The summed E-state index contributed by atoms with van der Waals surface area (Å²) in [4.78, 5) is 2.29. The smallest absolute Gasteiger partial charge is 0.276 e. The van der Waals surface area contributed by atoms with Gasteiger partial charge >= 0.3 is 0 Å². The Labute approximate surface area is 150 Å². The third kappa shape index (κ3) is 3.96. The zero-order valence-corrected chi connectivity index (χ0v) is 16.0. The summed E-state index contributed by atoms with van der Waals surface area (Å²) in [5.41, 5.74) is 6.23. The minimum absolute atomic E-state index is 0. The van der Waals surface area contributed by atoms with E-state index in [9.17, 15) is 8.42 Å². The summed E-state index contributed by atoms with van der Waals surface area (Å²) >= 11 is 0. The van der Waals surface area contributed by atoms with Gasteiger partial charge in [-0.15, -0.1) is 12.4 Å². The second-order valence-corrected chi connectivity index (χ2v) is 9.30. The Bertz CT molecular complexity index is 653. The van der Waals surface area contributed by atoms with Gasteiger partial charge in [-0.05, 0) is 36.8 Å². The maximum Gasteiger partial charge on any atom is 0.276 e. The van der Waals surface area contributed by atoms with Gasteiger partial charge in [0.25, 0.3) is 10.0 Å². The van der Waals surface area contributed by atoms with Crippen LogP contribution in [0.1, 0.15) is 38.9 Å². The van der Waals surface area contributed by atoms with Crippen LogP contribution in [0.5, 0.6) is 0 Å². The summed E-state index contributed by atoms with van der Waals surface area (Å²) in [5.74, 6) is 0.703.